The van der Waals surface area contributed by atoms with Crippen molar-refractivity contribution in [1.82, 2.24) is 4.31 Å². The highest BCUT2D eigenvalue weighted by Gasteiger charge is 2.34. The molecule has 1 amide bonds. The minimum Gasteiger partial charge on any atom is -0.495 e. The Kier molecular flexibility index (Phi) is 7.15. The Morgan fingerprint density at radius 1 is 1.03 bits per heavy atom. The molecule has 1 aliphatic carbocycles. The molecule has 3 rings (SSSR count). The predicted octanol–water partition coefficient (Wildman–Crippen LogP) is 4.27. The third-order valence-corrected chi connectivity index (χ3v) is 7.45. The molecule has 7 heteroatoms. The van der Waals surface area contributed by atoms with Crippen LogP contribution in [0.3, 0.4) is 0 Å². The highest BCUT2D eigenvalue weighted by Crippen LogP contribution is 2.29. The third kappa shape index (κ3) is 5.21. The number of carbonyl (C=O) groups excluding carboxylic acids is 1. The van der Waals surface area contributed by atoms with Crippen LogP contribution in [0, 0.1) is 13.8 Å². The van der Waals surface area contributed by atoms with E-state index in [1.54, 1.807) is 30.3 Å². The molecule has 1 fully saturated rings. The Hall–Kier alpha value is -2.38. The quantitative estimate of drug-likeness (QED) is 0.712. The fourth-order valence-electron chi connectivity index (χ4n) is 3.88. The molecule has 30 heavy (non-hydrogen) atoms. The molecule has 0 radical (unpaired) electrons. The van der Waals surface area contributed by atoms with Gasteiger partial charge in [-0.2, -0.15) is 4.31 Å². The van der Waals surface area contributed by atoms with Crippen LogP contribution in [0.5, 0.6) is 5.75 Å². The summed E-state index contributed by atoms with van der Waals surface area (Å²) in [5.74, 6) is 0.166. The molecule has 0 bridgehead atoms. The first-order valence-electron chi connectivity index (χ1n) is 10.3. The summed E-state index contributed by atoms with van der Waals surface area (Å²) in [7, 11) is -2.25. The highest BCUT2D eigenvalue weighted by molar-refractivity contribution is 7.89. The van der Waals surface area contributed by atoms with E-state index in [0.29, 0.717) is 11.4 Å². The predicted molar refractivity (Wildman–Crippen MR) is 118 cm³/mol. The van der Waals surface area contributed by atoms with Crippen LogP contribution in [0.25, 0.3) is 0 Å². The zero-order valence-electron chi connectivity index (χ0n) is 17.8. The lowest BCUT2D eigenvalue weighted by Gasteiger charge is -2.33. The molecule has 0 atom stereocenters. The largest absolute Gasteiger partial charge is 0.495 e. The number of methoxy groups -OCH3 is 1. The van der Waals surface area contributed by atoms with Crippen molar-refractivity contribution in [1.29, 1.82) is 0 Å². The number of nitrogens with zero attached hydrogens (tertiary/aromatic N) is 1. The lowest BCUT2D eigenvalue weighted by Crippen LogP contribution is -2.45. The number of aryl methyl sites for hydroxylation is 2. The van der Waals surface area contributed by atoms with Crippen LogP contribution in [0.2, 0.25) is 0 Å². The molecular formula is C23H30N2O4S. The van der Waals surface area contributed by atoms with Crippen molar-refractivity contribution in [3.63, 3.8) is 0 Å². The summed E-state index contributed by atoms with van der Waals surface area (Å²) >= 11 is 0. The van der Waals surface area contributed by atoms with Gasteiger partial charge in [-0.3, -0.25) is 4.79 Å². The summed E-state index contributed by atoms with van der Waals surface area (Å²) < 4.78 is 33.6. The Morgan fingerprint density at radius 2 is 1.67 bits per heavy atom. The summed E-state index contributed by atoms with van der Waals surface area (Å²) in [5.41, 5.74) is 2.50. The number of anilines is 1. The zero-order chi connectivity index (χ0) is 21.7. The van der Waals surface area contributed by atoms with Crippen molar-refractivity contribution in [2.75, 3.05) is 19.0 Å². The van der Waals surface area contributed by atoms with E-state index in [9.17, 15) is 13.2 Å². The standard InChI is InChI=1S/C23H30N2O4S/c1-17-9-12-20(13-10-17)30(27,28)25(19-7-5-4-6-8-19)16-23(26)24-21-15-18(2)11-14-22(21)29-3/h9-15,19H,4-8,16H2,1-3H3,(H,24,26). The normalized spacial score (nSPS) is 15.2. The van der Waals surface area contributed by atoms with Crippen LogP contribution in [-0.2, 0) is 14.8 Å². The average Bonchev–Trinajstić information content (AvgIpc) is 2.73. The van der Waals surface area contributed by atoms with Crippen LogP contribution in [-0.4, -0.2) is 38.3 Å². The minimum atomic E-state index is -3.79. The maximum Gasteiger partial charge on any atom is 0.243 e. The van der Waals surface area contributed by atoms with Crippen LogP contribution < -0.4 is 10.1 Å². The molecule has 6 nitrogen and oxygen atoms in total. The maximum absolute atomic E-state index is 13.4. The van der Waals surface area contributed by atoms with Gasteiger partial charge in [0.15, 0.2) is 0 Å². The van der Waals surface area contributed by atoms with Gasteiger partial charge >= 0.3 is 0 Å². The second kappa shape index (κ2) is 9.62. The first kappa shape index (κ1) is 22.3. The second-order valence-corrected chi connectivity index (χ2v) is 9.80. The number of amides is 1. The number of sulfonamides is 1. The van der Waals surface area contributed by atoms with E-state index in [2.05, 4.69) is 5.32 Å². The van der Waals surface area contributed by atoms with Crippen molar-refractivity contribution >= 4 is 21.6 Å². The molecule has 1 N–H and O–H groups in total. The Balaban J connectivity index is 1.86. The molecule has 2 aromatic carbocycles. The van der Waals surface area contributed by atoms with E-state index in [1.165, 1.54) is 11.4 Å². The van der Waals surface area contributed by atoms with E-state index >= 15 is 0 Å². The fraction of sp³-hybridized carbons (Fsp3) is 0.435. The number of benzene rings is 2. The molecule has 1 saturated carbocycles. The minimum absolute atomic E-state index is 0.171. The number of rotatable bonds is 7. The lowest BCUT2D eigenvalue weighted by molar-refractivity contribution is -0.116. The van der Waals surface area contributed by atoms with Crippen LogP contribution >= 0.6 is 0 Å². The molecule has 1 aliphatic rings. The fourth-order valence-corrected chi connectivity index (χ4v) is 5.52. The molecule has 162 valence electrons. The van der Waals surface area contributed by atoms with Crippen LogP contribution in [0.4, 0.5) is 5.69 Å². The molecule has 0 unspecified atom stereocenters. The summed E-state index contributed by atoms with van der Waals surface area (Å²) in [6, 6.07) is 12.1. The van der Waals surface area contributed by atoms with Gasteiger partial charge in [0.25, 0.3) is 0 Å². The molecular weight excluding hydrogens is 400 g/mol. The number of nitrogens with one attached hydrogen (secondary N) is 1. The van der Waals surface area contributed by atoms with Gasteiger partial charge < -0.3 is 10.1 Å². The first-order valence-corrected chi connectivity index (χ1v) is 11.8. The van der Waals surface area contributed by atoms with Gasteiger partial charge in [0.05, 0.1) is 24.2 Å². The van der Waals surface area contributed by atoms with Crippen LogP contribution in [0.15, 0.2) is 47.4 Å². The second-order valence-electron chi connectivity index (χ2n) is 7.91. The average molecular weight is 431 g/mol. The SMILES string of the molecule is COc1ccc(C)cc1NC(=O)CN(C1CCCCC1)S(=O)(=O)c1ccc(C)cc1. The molecule has 2 aromatic rings. The van der Waals surface area contributed by atoms with Gasteiger partial charge in [-0.05, 0) is 56.5 Å². The molecule has 0 saturated heterocycles. The van der Waals surface area contributed by atoms with E-state index in [1.807, 2.05) is 26.0 Å². The molecule has 0 aliphatic heterocycles. The third-order valence-electron chi connectivity index (χ3n) is 5.54. The zero-order valence-corrected chi connectivity index (χ0v) is 18.7. The summed E-state index contributed by atoms with van der Waals surface area (Å²) in [6.07, 6.45) is 4.58. The smallest absolute Gasteiger partial charge is 0.243 e. The van der Waals surface area contributed by atoms with E-state index in [4.69, 9.17) is 4.74 Å². The van der Waals surface area contributed by atoms with Crippen molar-refractivity contribution in [2.24, 2.45) is 0 Å². The number of hydrogen-bond donors (Lipinski definition) is 1. The van der Waals surface area contributed by atoms with Gasteiger partial charge in [-0.1, -0.05) is 43.0 Å². The van der Waals surface area contributed by atoms with Gasteiger partial charge in [-0.25, -0.2) is 8.42 Å². The highest BCUT2D eigenvalue weighted by atomic mass is 32.2. The van der Waals surface area contributed by atoms with Crippen molar-refractivity contribution in [2.45, 2.75) is 56.9 Å². The van der Waals surface area contributed by atoms with Crippen molar-refractivity contribution in [3.8, 4) is 5.75 Å². The number of ether oxygens (including phenoxy) is 1. The summed E-state index contributed by atoms with van der Waals surface area (Å²) in [6.45, 7) is 3.61. The Labute approximate surface area is 179 Å². The summed E-state index contributed by atoms with van der Waals surface area (Å²) in [4.78, 5) is 13.1. The summed E-state index contributed by atoms with van der Waals surface area (Å²) in [5, 5.41) is 2.83. The Bertz CT molecular complexity index is 981. The van der Waals surface area contributed by atoms with Crippen molar-refractivity contribution in [3.05, 3.63) is 53.6 Å². The monoisotopic (exact) mass is 430 g/mol. The first-order chi connectivity index (χ1) is 14.3. The van der Waals surface area contributed by atoms with E-state index in [-0.39, 0.29) is 23.4 Å². The lowest BCUT2D eigenvalue weighted by atomic mass is 9.95. The molecule has 0 aromatic heterocycles. The molecule has 0 heterocycles. The maximum atomic E-state index is 13.4. The number of hydrogen-bond acceptors (Lipinski definition) is 4. The molecule has 0 spiro atoms. The van der Waals surface area contributed by atoms with Gasteiger partial charge in [0.2, 0.25) is 15.9 Å². The number of carbonyl (C=O) groups is 1. The van der Waals surface area contributed by atoms with Gasteiger partial charge in [0, 0.05) is 6.04 Å². The van der Waals surface area contributed by atoms with Crippen LogP contribution in [0.1, 0.15) is 43.2 Å². The van der Waals surface area contributed by atoms with E-state index in [0.717, 1.165) is 43.2 Å². The van der Waals surface area contributed by atoms with Gasteiger partial charge in [-0.15, -0.1) is 0 Å². The van der Waals surface area contributed by atoms with E-state index < -0.39 is 10.0 Å². The van der Waals surface area contributed by atoms with Crippen molar-refractivity contribution < 1.29 is 17.9 Å². The topological polar surface area (TPSA) is 75.7 Å². The van der Waals surface area contributed by atoms with Gasteiger partial charge in [0.1, 0.15) is 5.75 Å². The Morgan fingerprint density at radius 3 is 2.30 bits per heavy atom.